The van der Waals surface area contributed by atoms with Gasteiger partial charge < -0.3 is 5.73 Å². The summed E-state index contributed by atoms with van der Waals surface area (Å²) in [6.07, 6.45) is 3.83. The van der Waals surface area contributed by atoms with Gasteiger partial charge in [0.15, 0.2) is 0 Å². The Morgan fingerprint density at radius 3 is 2.76 bits per heavy atom. The molecule has 0 bridgehead atoms. The first-order chi connectivity index (χ1) is 8.13. The van der Waals surface area contributed by atoms with Crippen LogP contribution in [-0.4, -0.2) is 21.5 Å². The smallest absolute Gasteiger partial charge is 0.240 e. The van der Waals surface area contributed by atoms with E-state index in [1.165, 1.54) is 11.1 Å². The molecule has 3 N–H and O–H groups in total. The molecule has 0 atom stereocenters. The van der Waals surface area contributed by atoms with E-state index >= 15 is 0 Å². The topological polar surface area (TPSA) is 72.2 Å². The molecule has 1 aromatic rings. The molecule has 0 spiro atoms. The minimum Gasteiger partial charge on any atom is -0.330 e. The number of rotatable bonds is 5. The maximum absolute atomic E-state index is 12.0. The zero-order valence-corrected chi connectivity index (χ0v) is 10.6. The van der Waals surface area contributed by atoms with Gasteiger partial charge in [-0.15, -0.1) is 0 Å². The first-order valence-electron chi connectivity index (χ1n) is 5.95. The van der Waals surface area contributed by atoms with Gasteiger partial charge in [-0.25, -0.2) is 13.1 Å². The van der Waals surface area contributed by atoms with Gasteiger partial charge in [0.2, 0.25) is 10.0 Å². The molecule has 0 saturated carbocycles. The Morgan fingerprint density at radius 2 is 2.00 bits per heavy atom. The number of sulfonamides is 1. The summed E-state index contributed by atoms with van der Waals surface area (Å²) in [6, 6.07) is 5.42. The van der Waals surface area contributed by atoms with E-state index in [1.807, 2.05) is 6.07 Å². The van der Waals surface area contributed by atoms with E-state index in [0.717, 1.165) is 19.3 Å². The van der Waals surface area contributed by atoms with Crippen molar-refractivity contribution in [2.75, 3.05) is 13.1 Å². The van der Waals surface area contributed by atoms with Gasteiger partial charge in [-0.05, 0) is 55.5 Å². The van der Waals surface area contributed by atoms with Crippen molar-refractivity contribution in [1.82, 2.24) is 4.72 Å². The molecule has 1 aliphatic carbocycles. The molecule has 0 radical (unpaired) electrons. The van der Waals surface area contributed by atoms with Crippen LogP contribution in [0, 0.1) is 0 Å². The summed E-state index contributed by atoms with van der Waals surface area (Å²) >= 11 is 0. The SMILES string of the molecule is NCCCNS(=O)(=O)c1ccc2c(c1)CCC2. The van der Waals surface area contributed by atoms with Crippen LogP contribution in [0.4, 0.5) is 0 Å². The number of aryl methyl sites for hydroxylation is 2. The van der Waals surface area contributed by atoms with Crippen LogP contribution in [0.25, 0.3) is 0 Å². The molecule has 0 aliphatic heterocycles. The number of fused-ring (bicyclic) bond motifs is 1. The molecule has 5 heteroatoms. The van der Waals surface area contributed by atoms with E-state index in [0.29, 0.717) is 24.4 Å². The molecule has 2 rings (SSSR count). The monoisotopic (exact) mass is 254 g/mol. The van der Waals surface area contributed by atoms with Crippen molar-refractivity contribution in [2.24, 2.45) is 5.73 Å². The van der Waals surface area contributed by atoms with Crippen LogP contribution in [-0.2, 0) is 22.9 Å². The highest BCUT2D eigenvalue weighted by Crippen LogP contribution is 2.24. The molecule has 94 valence electrons. The molecule has 0 fully saturated rings. The van der Waals surface area contributed by atoms with Crippen molar-refractivity contribution in [3.05, 3.63) is 29.3 Å². The van der Waals surface area contributed by atoms with E-state index in [-0.39, 0.29) is 0 Å². The van der Waals surface area contributed by atoms with Crippen molar-refractivity contribution in [3.63, 3.8) is 0 Å². The zero-order valence-electron chi connectivity index (χ0n) is 9.78. The summed E-state index contributed by atoms with van der Waals surface area (Å²) < 4.78 is 26.5. The van der Waals surface area contributed by atoms with Gasteiger partial charge >= 0.3 is 0 Å². The number of hydrogen-bond donors (Lipinski definition) is 2. The van der Waals surface area contributed by atoms with Gasteiger partial charge in [0, 0.05) is 6.54 Å². The normalized spacial score (nSPS) is 14.9. The molecule has 0 amide bonds. The highest BCUT2D eigenvalue weighted by Gasteiger charge is 2.17. The minimum atomic E-state index is -3.36. The van der Waals surface area contributed by atoms with Gasteiger partial charge in [-0.3, -0.25) is 0 Å². The second-order valence-electron chi connectivity index (χ2n) is 4.32. The predicted octanol–water partition coefficient (Wildman–Crippen LogP) is 0.802. The van der Waals surface area contributed by atoms with Crippen molar-refractivity contribution >= 4 is 10.0 Å². The number of nitrogens with two attached hydrogens (primary N) is 1. The third-order valence-corrected chi connectivity index (χ3v) is 4.51. The highest BCUT2D eigenvalue weighted by molar-refractivity contribution is 7.89. The summed E-state index contributed by atoms with van der Waals surface area (Å²) in [5.74, 6) is 0. The summed E-state index contributed by atoms with van der Waals surface area (Å²) in [7, 11) is -3.36. The Morgan fingerprint density at radius 1 is 1.24 bits per heavy atom. The molecular formula is C12H18N2O2S. The van der Waals surface area contributed by atoms with E-state index in [9.17, 15) is 8.42 Å². The Bertz CT molecular complexity index is 497. The Hall–Kier alpha value is -0.910. The lowest BCUT2D eigenvalue weighted by Crippen LogP contribution is -2.26. The highest BCUT2D eigenvalue weighted by atomic mass is 32.2. The average Bonchev–Trinajstić information content (AvgIpc) is 2.76. The third kappa shape index (κ3) is 2.86. The predicted molar refractivity (Wildman–Crippen MR) is 67.3 cm³/mol. The summed E-state index contributed by atoms with van der Waals surface area (Å²) in [4.78, 5) is 0.371. The molecule has 0 unspecified atom stereocenters. The minimum absolute atomic E-state index is 0.371. The lowest BCUT2D eigenvalue weighted by atomic mass is 10.1. The maximum Gasteiger partial charge on any atom is 0.240 e. The van der Waals surface area contributed by atoms with E-state index in [4.69, 9.17) is 5.73 Å². The van der Waals surface area contributed by atoms with Gasteiger partial charge in [-0.1, -0.05) is 6.07 Å². The van der Waals surface area contributed by atoms with Crippen molar-refractivity contribution in [1.29, 1.82) is 0 Å². The van der Waals surface area contributed by atoms with Crippen LogP contribution in [0.15, 0.2) is 23.1 Å². The van der Waals surface area contributed by atoms with E-state index in [2.05, 4.69) is 4.72 Å². The third-order valence-electron chi connectivity index (χ3n) is 3.05. The lowest BCUT2D eigenvalue weighted by Gasteiger charge is -2.07. The Balaban J connectivity index is 2.16. The maximum atomic E-state index is 12.0. The van der Waals surface area contributed by atoms with Crippen molar-refractivity contribution < 1.29 is 8.42 Å². The summed E-state index contributed by atoms with van der Waals surface area (Å²) in [5, 5.41) is 0. The molecule has 0 saturated heterocycles. The van der Waals surface area contributed by atoms with Gasteiger partial charge in [0.1, 0.15) is 0 Å². The number of nitrogens with one attached hydrogen (secondary N) is 1. The van der Waals surface area contributed by atoms with E-state index < -0.39 is 10.0 Å². The molecule has 0 heterocycles. The second-order valence-corrected chi connectivity index (χ2v) is 6.09. The lowest BCUT2D eigenvalue weighted by molar-refractivity contribution is 0.579. The number of hydrogen-bond acceptors (Lipinski definition) is 3. The van der Waals surface area contributed by atoms with Crippen LogP contribution in [0.5, 0.6) is 0 Å². The molecule has 0 aromatic heterocycles. The fraction of sp³-hybridized carbons (Fsp3) is 0.500. The first kappa shape index (κ1) is 12.5. The molecule has 17 heavy (non-hydrogen) atoms. The Kier molecular flexibility index (Phi) is 3.81. The van der Waals surface area contributed by atoms with Gasteiger partial charge in [0.25, 0.3) is 0 Å². The fourth-order valence-corrected chi connectivity index (χ4v) is 3.23. The van der Waals surface area contributed by atoms with Crippen molar-refractivity contribution in [3.8, 4) is 0 Å². The first-order valence-corrected chi connectivity index (χ1v) is 7.43. The molecule has 4 nitrogen and oxygen atoms in total. The van der Waals surface area contributed by atoms with Crippen LogP contribution < -0.4 is 10.5 Å². The van der Waals surface area contributed by atoms with Crippen molar-refractivity contribution in [2.45, 2.75) is 30.6 Å². The summed E-state index contributed by atoms with van der Waals surface area (Å²) in [5.41, 5.74) is 7.79. The molecular weight excluding hydrogens is 236 g/mol. The fourth-order valence-electron chi connectivity index (χ4n) is 2.11. The van der Waals surface area contributed by atoms with Crippen LogP contribution in [0.2, 0.25) is 0 Å². The zero-order chi connectivity index (χ0) is 12.3. The van der Waals surface area contributed by atoms with Crippen LogP contribution >= 0.6 is 0 Å². The average molecular weight is 254 g/mol. The summed E-state index contributed by atoms with van der Waals surface area (Å²) in [6.45, 7) is 0.891. The molecule has 1 aromatic carbocycles. The Labute approximate surface area is 102 Å². The largest absolute Gasteiger partial charge is 0.330 e. The number of benzene rings is 1. The molecule has 1 aliphatic rings. The van der Waals surface area contributed by atoms with Gasteiger partial charge in [0.05, 0.1) is 4.90 Å². The standard InChI is InChI=1S/C12H18N2O2S/c13-7-2-8-14-17(15,16)12-6-5-10-3-1-4-11(10)9-12/h5-6,9,14H,1-4,7-8,13H2. The van der Waals surface area contributed by atoms with Crippen LogP contribution in [0.1, 0.15) is 24.0 Å². The second kappa shape index (κ2) is 5.16. The quantitative estimate of drug-likeness (QED) is 0.764. The van der Waals surface area contributed by atoms with E-state index in [1.54, 1.807) is 12.1 Å². The van der Waals surface area contributed by atoms with Gasteiger partial charge in [-0.2, -0.15) is 0 Å². The van der Waals surface area contributed by atoms with Crippen LogP contribution in [0.3, 0.4) is 0 Å².